The topological polar surface area (TPSA) is 68.7 Å². The van der Waals surface area contributed by atoms with Crippen molar-refractivity contribution < 1.29 is 19.4 Å². The molecule has 1 N–H and O–H groups in total. The van der Waals surface area contributed by atoms with E-state index >= 15 is 0 Å². The molecule has 0 atom stereocenters. The molecule has 4 aromatic rings. The van der Waals surface area contributed by atoms with Gasteiger partial charge in [-0.25, -0.2) is 9.78 Å². The molecule has 1 aromatic heterocycles. The number of hydrogen-bond donors (Lipinski definition) is 1. The van der Waals surface area contributed by atoms with E-state index in [1.165, 1.54) is 25.0 Å². The van der Waals surface area contributed by atoms with Crippen molar-refractivity contribution in [2.24, 2.45) is 0 Å². The van der Waals surface area contributed by atoms with Crippen LogP contribution in [0.25, 0.3) is 22.4 Å². The minimum atomic E-state index is -1.31. The first-order chi connectivity index (χ1) is 16.2. The van der Waals surface area contributed by atoms with Crippen molar-refractivity contribution in [3.63, 3.8) is 0 Å². The summed E-state index contributed by atoms with van der Waals surface area (Å²) in [6.07, 6.45) is 0. The largest absolute Gasteiger partial charge is 0.486 e. The van der Waals surface area contributed by atoms with Gasteiger partial charge >= 0.3 is 5.97 Å². The fraction of sp³-hybridized carbons (Fsp3) is 0.214. The Hall–Kier alpha value is -3.64. The highest BCUT2D eigenvalue weighted by Gasteiger charge is 2.30. The molecule has 0 unspecified atom stereocenters. The number of benzene rings is 3. The Bertz CT molecular complexity index is 1270. The molecule has 0 saturated heterocycles. The number of thiazole rings is 1. The molecule has 0 bridgehead atoms. The number of aliphatic carboxylic acids is 1. The van der Waals surface area contributed by atoms with Gasteiger partial charge in [-0.15, -0.1) is 11.3 Å². The molecule has 0 fully saturated rings. The summed E-state index contributed by atoms with van der Waals surface area (Å²) in [5.74, 6) is 0.246. The van der Waals surface area contributed by atoms with Crippen LogP contribution in [0.4, 0.5) is 0 Å². The molecular weight excluding hydrogens is 446 g/mol. The van der Waals surface area contributed by atoms with Crippen LogP contribution in [0.1, 0.15) is 30.0 Å². The van der Waals surface area contributed by atoms with E-state index in [4.69, 9.17) is 14.5 Å². The lowest BCUT2D eigenvalue weighted by atomic mass is 10.0. The second-order valence-corrected chi connectivity index (χ2v) is 9.60. The van der Waals surface area contributed by atoms with Gasteiger partial charge in [0.2, 0.25) is 0 Å². The fourth-order valence-electron chi connectivity index (χ4n) is 3.57. The summed E-state index contributed by atoms with van der Waals surface area (Å²) < 4.78 is 11.8. The molecule has 34 heavy (non-hydrogen) atoms. The van der Waals surface area contributed by atoms with Crippen LogP contribution in [0.5, 0.6) is 11.5 Å². The number of hydrogen-bond acceptors (Lipinski definition) is 5. The number of rotatable bonds is 8. The number of aromatic nitrogens is 1. The monoisotopic (exact) mass is 473 g/mol. The van der Waals surface area contributed by atoms with Crippen molar-refractivity contribution in [3.8, 4) is 33.9 Å². The van der Waals surface area contributed by atoms with Gasteiger partial charge < -0.3 is 14.6 Å². The van der Waals surface area contributed by atoms with Crippen molar-refractivity contribution in [1.82, 2.24) is 4.98 Å². The van der Waals surface area contributed by atoms with Gasteiger partial charge in [-0.05, 0) is 62.1 Å². The highest BCUT2D eigenvalue weighted by atomic mass is 32.1. The van der Waals surface area contributed by atoms with Crippen LogP contribution in [0, 0.1) is 13.8 Å². The minimum Gasteiger partial charge on any atom is -0.486 e. The van der Waals surface area contributed by atoms with Gasteiger partial charge in [-0.3, -0.25) is 0 Å². The van der Waals surface area contributed by atoms with Crippen LogP contribution in [0.3, 0.4) is 0 Å². The minimum absolute atomic E-state index is 0.354. The van der Waals surface area contributed by atoms with Crippen LogP contribution in [-0.2, 0) is 11.4 Å². The summed E-state index contributed by atoms with van der Waals surface area (Å²) in [6, 6.07) is 22.4. The first-order valence-electron chi connectivity index (χ1n) is 11.0. The molecule has 0 saturated carbocycles. The maximum absolute atomic E-state index is 11.4. The lowest BCUT2D eigenvalue weighted by Crippen LogP contribution is -2.38. The van der Waals surface area contributed by atoms with Crippen LogP contribution in [0.15, 0.2) is 72.1 Å². The zero-order valence-electron chi connectivity index (χ0n) is 19.7. The maximum Gasteiger partial charge on any atom is 0.347 e. The number of nitrogens with zero attached hydrogens (tertiary/aromatic N) is 1. The van der Waals surface area contributed by atoms with Gasteiger partial charge in [0.25, 0.3) is 0 Å². The van der Waals surface area contributed by atoms with E-state index in [-0.39, 0.29) is 0 Å². The second-order valence-electron chi connectivity index (χ2n) is 8.66. The molecule has 0 spiro atoms. The summed E-state index contributed by atoms with van der Waals surface area (Å²) in [5.41, 5.74) is 4.69. The van der Waals surface area contributed by atoms with E-state index in [0.29, 0.717) is 18.1 Å². The van der Waals surface area contributed by atoms with Gasteiger partial charge in [0.15, 0.2) is 5.60 Å². The first kappa shape index (κ1) is 23.5. The average molecular weight is 474 g/mol. The molecule has 0 aliphatic rings. The Morgan fingerprint density at radius 2 is 1.53 bits per heavy atom. The third-order valence-electron chi connectivity index (χ3n) is 5.51. The van der Waals surface area contributed by atoms with Crippen LogP contribution in [0.2, 0.25) is 0 Å². The summed E-state index contributed by atoms with van der Waals surface area (Å²) in [4.78, 5) is 16.1. The third-order valence-corrected chi connectivity index (χ3v) is 6.33. The Morgan fingerprint density at radius 3 is 2.15 bits per heavy atom. The summed E-state index contributed by atoms with van der Waals surface area (Å²) in [6.45, 7) is 7.19. The van der Waals surface area contributed by atoms with E-state index in [2.05, 4.69) is 36.4 Å². The van der Waals surface area contributed by atoms with E-state index in [1.807, 2.05) is 49.6 Å². The molecule has 0 aliphatic carbocycles. The third kappa shape index (κ3) is 5.29. The number of ether oxygens (including phenoxy) is 2. The molecular formula is C28H27NO4S. The number of carbonyl (C=O) groups is 1. The molecule has 0 aliphatic heterocycles. The van der Waals surface area contributed by atoms with Gasteiger partial charge in [0.1, 0.15) is 23.1 Å². The number of aryl methyl sites for hydroxylation is 2. The highest BCUT2D eigenvalue weighted by molar-refractivity contribution is 7.09. The van der Waals surface area contributed by atoms with E-state index in [9.17, 15) is 9.90 Å². The lowest BCUT2D eigenvalue weighted by molar-refractivity contribution is -0.152. The standard InChI is InChI=1S/C28H27NO4S/c1-18-14-23(15-19(2)26(18)33-28(3,4)27(30)31)32-16-25-29-24(17-34-25)22-12-10-21(11-13-22)20-8-6-5-7-9-20/h5-15,17H,16H2,1-4H3,(H,30,31). The Labute approximate surface area is 203 Å². The number of carboxylic acid groups (broad SMARTS) is 1. The van der Waals surface area contributed by atoms with Gasteiger partial charge in [-0.1, -0.05) is 54.6 Å². The van der Waals surface area contributed by atoms with Crippen LogP contribution >= 0.6 is 11.3 Å². The predicted molar refractivity (Wildman–Crippen MR) is 136 cm³/mol. The van der Waals surface area contributed by atoms with Gasteiger partial charge in [-0.2, -0.15) is 0 Å². The SMILES string of the molecule is Cc1cc(OCc2nc(-c3ccc(-c4ccccc4)cc3)cs2)cc(C)c1OC(C)(C)C(=O)O. The molecule has 3 aromatic carbocycles. The van der Waals surface area contributed by atoms with Crippen molar-refractivity contribution in [1.29, 1.82) is 0 Å². The molecule has 4 rings (SSSR count). The van der Waals surface area contributed by atoms with Crippen molar-refractivity contribution in [3.05, 3.63) is 88.2 Å². The van der Waals surface area contributed by atoms with E-state index in [1.54, 1.807) is 11.3 Å². The smallest absolute Gasteiger partial charge is 0.347 e. The highest BCUT2D eigenvalue weighted by Crippen LogP contribution is 2.32. The Morgan fingerprint density at radius 1 is 0.941 bits per heavy atom. The molecule has 1 heterocycles. The molecule has 0 radical (unpaired) electrons. The molecule has 6 heteroatoms. The lowest BCUT2D eigenvalue weighted by Gasteiger charge is -2.24. The maximum atomic E-state index is 11.4. The second kappa shape index (κ2) is 9.69. The first-order valence-corrected chi connectivity index (χ1v) is 11.9. The van der Waals surface area contributed by atoms with Crippen molar-refractivity contribution in [2.45, 2.75) is 39.9 Å². The van der Waals surface area contributed by atoms with Gasteiger partial charge in [0, 0.05) is 10.9 Å². The average Bonchev–Trinajstić information content (AvgIpc) is 3.30. The van der Waals surface area contributed by atoms with Crippen molar-refractivity contribution in [2.75, 3.05) is 0 Å². The zero-order valence-corrected chi connectivity index (χ0v) is 20.5. The Kier molecular flexibility index (Phi) is 6.70. The Balaban J connectivity index is 1.42. The van der Waals surface area contributed by atoms with Crippen LogP contribution < -0.4 is 9.47 Å². The van der Waals surface area contributed by atoms with E-state index < -0.39 is 11.6 Å². The molecule has 0 amide bonds. The summed E-state index contributed by atoms with van der Waals surface area (Å²) in [7, 11) is 0. The van der Waals surface area contributed by atoms with Crippen molar-refractivity contribution >= 4 is 17.3 Å². The normalized spacial score (nSPS) is 11.3. The zero-order chi connectivity index (χ0) is 24.3. The molecule has 5 nitrogen and oxygen atoms in total. The number of carboxylic acids is 1. The summed E-state index contributed by atoms with van der Waals surface area (Å²) in [5, 5.41) is 12.3. The quantitative estimate of drug-likeness (QED) is 0.301. The molecule has 174 valence electrons. The van der Waals surface area contributed by atoms with E-state index in [0.717, 1.165) is 27.4 Å². The van der Waals surface area contributed by atoms with Crippen LogP contribution in [-0.4, -0.2) is 21.7 Å². The van der Waals surface area contributed by atoms with Gasteiger partial charge in [0.05, 0.1) is 5.69 Å². The fourth-order valence-corrected chi connectivity index (χ4v) is 4.29. The predicted octanol–water partition coefficient (Wildman–Crippen LogP) is 6.91. The summed E-state index contributed by atoms with van der Waals surface area (Å²) >= 11 is 1.56.